The number of hydrogen-bond acceptors (Lipinski definition) is 4. The summed E-state index contributed by atoms with van der Waals surface area (Å²) in [5.41, 5.74) is 4.61. The van der Waals surface area contributed by atoms with Gasteiger partial charge in [0.15, 0.2) is 18.1 Å². The van der Waals surface area contributed by atoms with E-state index in [1.807, 2.05) is 85.8 Å². The minimum absolute atomic E-state index is 0.125. The van der Waals surface area contributed by atoms with Gasteiger partial charge in [0.25, 0.3) is 5.91 Å². The molecule has 0 saturated heterocycles. The lowest BCUT2D eigenvalue weighted by atomic mass is 10.2. The summed E-state index contributed by atoms with van der Waals surface area (Å²) < 4.78 is 11.2. The molecule has 3 aromatic rings. The molecule has 5 nitrogen and oxygen atoms in total. The van der Waals surface area contributed by atoms with Crippen molar-refractivity contribution in [3.05, 3.63) is 84.9 Å². The highest BCUT2D eigenvalue weighted by atomic mass is 16.5. The predicted molar refractivity (Wildman–Crippen MR) is 106 cm³/mol. The van der Waals surface area contributed by atoms with Crippen molar-refractivity contribution in [1.82, 2.24) is 5.43 Å². The average molecular weight is 362 g/mol. The van der Waals surface area contributed by atoms with Gasteiger partial charge >= 0.3 is 0 Å². The van der Waals surface area contributed by atoms with Crippen molar-refractivity contribution < 1.29 is 14.3 Å². The maximum absolute atomic E-state index is 12.5. The molecule has 5 heteroatoms. The van der Waals surface area contributed by atoms with Gasteiger partial charge in [-0.05, 0) is 43.3 Å². The van der Waals surface area contributed by atoms with Crippen molar-refractivity contribution >= 4 is 17.3 Å². The monoisotopic (exact) mass is 362 g/mol. The molecule has 1 amide bonds. The van der Waals surface area contributed by atoms with Crippen molar-refractivity contribution in [2.75, 3.05) is 18.2 Å². The van der Waals surface area contributed by atoms with Crippen LogP contribution >= 0.6 is 0 Å². The molecule has 1 N–H and O–H groups in total. The van der Waals surface area contributed by atoms with E-state index in [1.54, 1.807) is 11.1 Å². The highest BCUT2D eigenvalue weighted by Gasteiger charge is 2.14. The van der Waals surface area contributed by atoms with Crippen LogP contribution in [0.2, 0.25) is 0 Å². The molecule has 138 valence electrons. The summed E-state index contributed by atoms with van der Waals surface area (Å²) in [5.74, 6) is 0.894. The molecule has 0 bridgehead atoms. The van der Waals surface area contributed by atoms with Crippen molar-refractivity contribution in [3.8, 4) is 11.5 Å². The Hall–Kier alpha value is -3.47. The molecular weight excluding hydrogens is 340 g/mol. The number of benzene rings is 3. The largest absolute Gasteiger partial charge is 0.490 e. The van der Waals surface area contributed by atoms with Crippen LogP contribution in [0.15, 0.2) is 84.9 Å². The Morgan fingerprint density at radius 2 is 1.26 bits per heavy atom. The Balaban J connectivity index is 1.70. The molecule has 0 radical (unpaired) electrons. The zero-order chi connectivity index (χ0) is 18.9. The zero-order valence-corrected chi connectivity index (χ0v) is 15.2. The maximum atomic E-state index is 12.5. The minimum Gasteiger partial charge on any atom is -0.490 e. The first-order chi connectivity index (χ1) is 13.3. The Morgan fingerprint density at radius 3 is 1.78 bits per heavy atom. The highest BCUT2D eigenvalue weighted by Crippen LogP contribution is 2.26. The molecule has 0 heterocycles. The summed E-state index contributed by atoms with van der Waals surface area (Å²) in [7, 11) is 0. The van der Waals surface area contributed by atoms with Crippen LogP contribution in [-0.4, -0.2) is 19.1 Å². The van der Waals surface area contributed by atoms with Gasteiger partial charge in [-0.25, -0.2) is 0 Å². The van der Waals surface area contributed by atoms with E-state index in [4.69, 9.17) is 9.47 Å². The lowest BCUT2D eigenvalue weighted by molar-refractivity contribution is -0.123. The lowest BCUT2D eigenvalue weighted by Gasteiger charge is -2.25. The maximum Gasteiger partial charge on any atom is 0.276 e. The number of carbonyl (C=O) groups is 1. The molecule has 0 spiro atoms. The van der Waals surface area contributed by atoms with Crippen LogP contribution in [-0.2, 0) is 4.79 Å². The van der Waals surface area contributed by atoms with E-state index in [-0.39, 0.29) is 12.5 Å². The van der Waals surface area contributed by atoms with Crippen LogP contribution in [0.4, 0.5) is 11.4 Å². The summed E-state index contributed by atoms with van der Waals surface area (Å²) in [6.45, 7) is 2.31. The lowest BCUT2D eigenvalue weighted by Crippen LogP contribution is -2.41. The van der Waals surface area contributed by atoms with E-state index in [0.717, 1.165) is 11.4 Å². The fourth-order valence-electron chi connectivity index (χ4n) is 2.58. The molecule has 0 aromatic heterocycles. The molecule has 0 aliphatic heterocycles. The van der Waals surface area contributed by atoms with Crippen LogP contribution in [0.5, 0.6) is 11.5 Å². The Labute approximate surface area is 159 Å². The molecule has 0 fully saturated rings. The quantitative estimate of drug-likeness (QED) is 0.606. The number of hydrazine groups is 1. The van der Waals surface area contributed by atoms with Gasteiger partial charge in [0.1, 0.15) is 0 Å². The van der Waals surface area contributed by atoms with E-state index < -0.39 is 0 Å². The van der Waals surface area contributed by atoms with Crippen molar-refractivity contribution in [3.63, 3.8) is 0 Å². The second kappa shape index (κ2) is 9.29. The topological polar surface area (TPSA) is 50.8 Å². The van der Waals surface area contributed by atoms with Crippen LogP contribution < -0.4 is 19.9 Å². The Bertz CT molecular complexity index is 814. The van der Waals surface area contributed by atoms with E-state index >= 15 is 0 Å². The smallest absolute Gasteiger partial charge is 0.276 e. The first kappa shape index (κ1) is 18.3. The molecule has 0 aliphatic carbocycles. The number of nitrogens with one attached hydrogen (secondary N) is 1. The van der Waals surface area contributed by atoms with Gasteiger partial charge in [-0.2, -0.15) is 0 Å². The molecule has 0 unspecified atom stereocenters. The second-order valence-electron chi connectivity index (χ2n) is 5.71. The molecule has 3 aromatic carbocycles. The summed E-state index contributed by atoms with van der Waals surface area (Å²) in [6, 6.07) is 26.6. The molecule has 0 atom stereocenters. The first-order valence-corrected chi connectivity index (χ1v) is 8.82. The van der Waals surface area contributed by atoms with E-state index in [0.29, 0.717) is 18.1 Å². The summed E-state index contributed by atoms with van der Waals surface area (Å²) in [4.78, 5) is 12.5. The van der Waals surface area contributed by atoms with Crippen molar-refractivity contribution in [2.45, 2.75) is 6.92 Å². The number of nitrogens with zero attached hydrogens (tertiary/aromatic N) is 1. The second-order valence-corrected chi connectivity index (χ2v) is 5.71. The fraction of sp³-hybridized carbons (Fsp3) is 0.136. The predicted octanol–water partition coefficient (Wildman–Crippen LogP) is 4.33. The van der Waals surface area contributed by atoms with E-state index in [9.17, 15) is 4.79 Å². The number of hydrogen-bond donors (Lipinski definition) is 1. The van der Waals surface area contributed by atoms with Gasteiger partial charge in [-0.1, -0.05) is 48.5 Å². The number of rotatable bonds is 8. The van der Waals surface area contributed by atoms with Crippen molar-refractivity contribution in [1.29, 1.82) is 0 Å². The van der Waals surface area contributed by atoms with Crippen molar-refractivity contribution in [2.24, 2.45) is 0 Å². The first-order valence-electron chi connectivity index (χ1n) is 8.82. The zero-order valence-electron chi connectivity index (χ0n) is 15.2. The Kier molecular flexibility index (Phi) is 6.30. The van der Waals surface area contributed by atoms with Gasteiger partial charge < -0.3 is 9.47 Å². The summed E-state index contributed by atoms with van der Waals surface area (Å²) in [5, 5.41) is 1.74. The van der Waals surface area contributed by atoms with Gasteiger partial charge in [-0.15, -0.1) is 0 Å². The summed E-state index contributed by atoms with van der Waals surface area (Å²) in [6.07, 6.45) is 0. The number of anilines is 2. The number of amides is 1. The van der Waals surface area contributed by atoms with Crippen LogP contribution in [0.1, 0.15) is 6.92 Å². The summed E-state index contributed by atoms with van der Waals surface area (Å²) >= 11 is 0. The Morgan fingerprint density at radius 1 is 0.778 bits per heavy atom. The highest BCUT2D eigenvalue weighted by molar-refractivity contribution is 5.82. The third-order valence-electron chi connectivity index (χ3n) is 3.77. The standard InChI is InChI=1S/C22H22N2O3/c1-2-26-20-15-9-10-16-21(20)27-17-22(25)23-24(18-11-5-3-6-12-18)19-13-7-4-8-14-19/h3-16H,2,17H2,1H3,(H,23,25). The van der Waals surface area contributed by atoms with Gasteiger partial charge in [0.2, 0.25) is 0 Å². The third kappa shape index (κ3) is 5.01. The third-order valence-corrected chi connectivity index (χ3v) is 3.77. The molecule has 3 rings (SSSR count). The average Bonchev–Trinajstić information content (AvgIpc) is 2.73. The van der Waals surface area contributed by atoms with Gasteiger partial charge in [0.05, 0.1) is 18.0 Å². The normalized spacial score (nSPS) is 10.1. The number of para-hydroxylation sites is 4. The van der Waals surface area contributed by atoms with Crippen LogP contribution in [0.3, 0.4) is 0 Å². The number of carbonyl (C=O) groups excluding carboxylic acids is 1. The van der Waals surface area contributed by atoms with Crippen LogP contribution in [0.25, 0.3) is 0 Å². The van der Waals surface area contributed by atoms with E-state index in [1.165, 1.54) is 0 Å². The van der Waals surface area contributed by atoms with Gasteiger partial charge in [0, 0.05) is 0 Å². The molecule has 0 aliphatic rings. The minimum atomic E-state index is -0.269. The van der Waals surface area contributed by atoms with Crippen LogP contribution in [0, 0.1) is 0 Å². The molecular formula is C22H22N2O3. The van der Waals surface area contributed by atoms with Gasteiger partial charge in [-0.3, -0.25) is 15.2 Å². The SMILES string of the molecule is CCOc1ccccc1OCC(=O)NN(c1ccccc1)c1ccccc1. The van der Waals surface area contributed by atoms with E-state index in [2.05, 4.69) is 5.43 Å². The molecule has 27 heavy (non-hydrogen) atoms. The fourth-order valence-corrected chi connectivity index (χ4v) is 2.58. The number of ether oxygens (including phenoxy) is 2. The molecule has 0 saturated carbocycles.